The van der Waals surface area contributed by atoms with E-state index < -0.39 is 0 Å². The Labute approximate surface area is 119 Å². The molecule has 0 rings (SSSR count). The number of rotatable bonds is 13. The van der Waals surface area contributed by atoms with Gasteiger partial charge in [0.1, 0.15) is 0 Å². The lowest BCUT2D eigenvalue weighted by molar-refractivity contribution is -0.840. The van der Waals surface area contributed by atoms with Crippen molar-refractivity contribution in [2.24, 2.45) is 0 Å². The molecule has 0 fully saturated rings. The molecule has 2 N–H and O–H groups in total. The Bertz CT molecular complexity index is 193. The summed E-state index contributed by atoms with van der Waals surface area (Å²) in [5.41, 5.74) is 2.39. The smallest absolute Gasteiger partial charge is 0.0780 e. The van der Waals surface area contributed by atoms with Gasteiger partial charge in [-0.2, -0.15) is 0 Å². The van der Waals surface area contributed by atoms with Crippen molar-refractivity contribution in [3.05, 3.63) is 5.21 Å². The first-order valence-corrected chi connectivity index (χ1v) is 7.93. The molecule has 0 aliphatic rings. The number of unbranched alkanes of at least 4 members (excludes halogenated alkanes) is 6. The third-order valence-electron chi connectivity index (χ3n) is 3.59. The molecular weight excluding hydrogens is 240 g/mol. The van der Waals surface area contributed by atoms with Crippen LogP contribution >= 0.6 is 0 Å². The number of nitrogens with one attached hydrogen (secondary N) is 1. The van der Waals surface area contributed by atoms with E-state index in [1.54, 1.807) is 14.1 Å². The molecule has 0 aliphatic carbocycles. The second-order valence-corrected chi connectivity index (χ2v) is 6.18. The van der Waals surface area contributed by atoms with Crippen LogP contribution in [0.1, 0.15) is 71.1 Å². The molecule has 0 aliphatic heterocycles. The second-order valence-electron chi connectivity index (χ2n) is 6.18. The van der Waals surface area contributed by atoms with Gasteiger partial charge in [-0.25, -0.2) is 5.48 Å². The third-order valence-corrected chi connectivity index (χ3v) is 3.59. The van der Waals surface area contributed by atoms with Crippen LogP contribution in [0.2, 0.25) is 0 Å². The van der Waals surface area contributed by atoms with E-state index in [0.29, 0.717) is 6.54 Å². The standard InChI is InChI=1S/C15H34N2O2/c1-4-5-6-7-8-9-10-12-15(16-18)13-11-14-17(2,3)19/h15-16,18H,4-14H2,1-3H3. The van der Waals surface area contributed by atoms with E-state index in [1.807, 2.05) is 0 Å². The van der Waals surface area contributed by atoms with Crippen molar-refractivity contribution in [3.63, 3.8) is 0 Å². The van der Waals surface area contributed by atoms with Crippen LogP contribution in [0.4, 0.5) is 0 Å². The summed E-state index contributed by atoms with van der Waals surface area (Å²) >= 11 is 0. The largest absolute Gasteiger partial charge is 0.633 e. The highest BCUT2D eigenvalue weighted by Crippen LogP contribution is 2.12. The van der Waals surface area contributed by atoms with Gasteiger partial charge in [0.15, 0.2) is 0 Å². The van der Waals surface area contributed by atoms with Crippen LogP contribution in [0.15, 0.2) is 0 Å². The Kier molecular flexibility index (Phi) is 11.6. The lowest BCUT2D eigenvalue weighted by Gasteiger charge is -2.34. The highest BCUT2D eigenvalue weighted by Gasteiger charge is 2.09. The Morgan fingerprint density at radius 2 is 1.47 bits per heavy atom. The maximum absolute atomic E-state index is 11.4. The van der Waals surface area contributed by atoms with Crippen molar-refractivity contribution in [1.29, 1.82) is 0 Å². The van der Waals surface area contributed by atoms with Crippen molar-refractivity contribution in [2.45, 2.75) is 77.2 Å². The Morgan fingerprint density at radius 1 is 0.947 bits per heavy atom. The zero-order valence-corrected chi connectivity index (χ0v) is 13.2. The minimum atomic E-state index is -0.240. The predicted molar refractivity (Wildman–Crippen MR) is 80.9 cm³/mol. The molecule has 0 saturated carbocycles. The molecule has 116 valence electrons. The van der Waals surface area contributed by atoms with Gasteiger partial charge in [-0.05, 0) is 19.3 Å². The number of hydrogen-bond donors (Lipinski definition) is 2. The van der Waals surface area contributed by atoms with Crippen LogP contribution in [0, 0.1) is 5.21 Å². The second kappa shape index (κ2) is 11.6. The molecule has 0 aromatic heterocycles. The highest BCUT2D eigenvalue weighted by atomic mass is 16.5. The molecule has 19 heavy (non-hydrogen) atoms. The Hall–Kier alpha value is -0.160. The fraction of sp³-hybridized carbons (Fsp3) is 1.00. The van der Waals surface area contributed by atoms with Gasteiger partial charge in [0.25, 0.3) is 0 Å². The summed E-state index contributed by atoms with van der Waals surface area (Å²) < 4.78 is -0.240. The molecular formula is C15H34N2O2. The van der Waals surface area contributed by atoms with E-state index in [1.165, 1.54) is 44.9 Å². The van der Waals surface area contributed by atoms with Gasteiger partial charge in [0.2, 0.25) is 0 Å². The van der Waals surface area contributed by atoms with E-state index in [4.69, 9.17) is 5.21 Å². The van der Waals surface area contributed by atoms with Crippen LogP contribution < -0.4 is 5.48 Å². The molecule has 0 heterocycles. The average Bonchev–Trinajstić information content (AvgIpc) is 2.34. The molecule has 0 radical (unpaired) electrons. The number of hydrogen-bond acceptors (Lipinski definition) is 3. The molecule has 0 amide bonds. The lowest BCUT2D eigenvalue weighted by Crippen LogP contribution is -2.34. The van der Waals surface area contributed by atoms with Gasteiger partial charge in [-0.1, -0.05) is 51.9 Å². The molecule has 0 aromatic rings. The van der Waals surface area contributed by atoms with Gasteiger partial charge in [-0.15, -0.1) is 0 Å². The topological polar surface area (TPSA) is 55.3 Å². The van der Waals surface area contributed by atoms with E-state index in [9.17, 15) is 5.21 Å². The fourth-order valence-electron chi connectivity index (χ4n) is 2.34. The summed E-state index contributed by atoms with van der Waals surface area (Å²) in [5.74, 6) is 0. The highest BCUT2D eigenvalue weighted by molar-refractivity contribution is 4.62. The monoisotopic (exact) mass is 274 g/mol. The first kappa shape index (κ1) is 18.8. The van der Waals surface area contributed by atoms with E-state index in [-0.39, 0.29) is 10.7 Å². The molecule has 0 saturated heterocycles. The minimum absolute atomic E-state index is 0.155. The van der Waals surface area contributed by atoms with Crippen LogP contribution in [-0.2, 0) is 0 Å². The van der Waals surface area contributed by atoms with Crippen LogP contribution in [0.5, 0.6) is 0 Å². The summed E-state index contributed by atoms with van der Waals surface area (Å²) in [7, 11) is 3.33. The van der Waals surface area contributed by atoms with Gasteiger partial charge in [0, 0.05) is 6.04 Å². The van der Waals surface area contributed by atoms with Gasteiger partial charge >= 0.3 is 0 Å². The Balaban J connectivity index is 3.44. The van der Waals surface area contributed by atoms with Crippen molar-refractivity contribution in [1.82, 2.24) is 5.48 Å². The SMILES string of the molecule is CCCCCCCCCC(CCC[N+](C)(C)[O-])NO. The average molecular weight is 274 g/mol. The molecule has 1 atom stereocenters. The summed E-state index contributed by atoms with van der Waals surface area (Å²) in [4.78, 5) is 0. The molecule has 0 aromatic carbocycles. The normalized spacial score (nSPS) is 13.7. The first-order valence-electron chi connectivity index (χ1n) is 7.93. The summed E-state index contributed by atoms with van der Waals surface area (Å²) in [6, 6.07) is 0.155. The van der Waals surface area contributed by atoms with Crippen molar-refractivity contribution in [3.8, 4) is 0 Å². The molecule has 4 nitrogen and oxygen atoms in total. The number of nitrogens with zero attached hydrogens (tertiary/aromatic N) is 1. The summed E-state index contributed by atoms with van der Waals surface area (Å²) in [5, 5.41) is 20.5. The van der Waals surface area contributed by atoms with Crippen LogP contribution in [0.3, 0.4) is 0 Å². The minimum Gasteiger partial charge on any atom is -0.633 e. The first-order chi connectivity index (χ1) is 8.99. The quantitative estimate of drug-likeness (QED) is 0.305. The summed E-state index contributed by atoms with van der Waals surface area (Å²) in [6.07, 6.45) is 11.8. The maximum Gasteiger partial charge on any atom is 0.0780 e. The zero-order chi connectivity index (χ0) is 14.6. The number of hydroxylamine groups is 4. The maximum atomic E-state index is 11.4. The van der Waals surface area contributed by atoms with Crippen molar-refractivity contribution in [2.75, 3.05) is 20.6 Å². The van der Waals surface area contributed by atoms with E-state index in [2.05, 4.69) is 12.4 Å². The van der Waals surface area contributed by atoms with E-state index in [0.717, 1.165) is 19.3 Å². The van der Waals surface area contributed by atoms with Crippen LogP contribution in [-0.4, -0.2) is 36.5 Å². The number of quaternary nitrogens is 1. The van der Waals surface area contributed by atoms with Gasteiger partial charge in [-0.3, -0.25) is 0 Å². The zero-order valence-electron chi connectivity index (χ0n) is 13.2. The van der Waals surface area contributed by atoms with E-state index >= 15 is 0 Å². The fourth-order valence-corrected chi connectivity index (χ4v) is 2.34. The molecule has 0 bridgehead atoms. The van der Waals surface area contributed by atoms with Gasteiger partial charge < -0.3 is 15.1 Å². The van der Waals surface area contributed by atoms with Crippen molar-refractivity contribution >= 4 is 0 Å². The Morgan fingerprint density at radius 3 is 2.00 bits per heavy atom. The van der Waals surface area contributed by atoms with Crippen LogP contribution in [0.25, 0.3) is 0 Å². The summed E-state index contributed by atoms with van der Waals surface area (Å²) in [6.45, 7) is 2.86. The molecule has 1 unspecified atom stereocenters. The molecule has 4 heteroatoms. The molecule has 0 spiro atoms. The lowest BCUT2D eigenvalue weighted by atomic mass is 10.0. The predicted octanol–water partition coefficient (Wildman–Crippen LogP) is 3.83. The van der Waals surface area contributed by atoms with Crippen molar-refractivity contribution < 1.29 is 9.85 Å². The van der Waals surface area contributed by atoms with Gasteiger partial charge in [0.05, 0.1) is 20.6 Å². The third kappa shape index (κ3) is 14.1.